The van der Waals surface area contributed by atoms with Gasteiger partial charge in [-0.2, -0.15) is 0 Å². The lowest BCUT2D eigenvalue weighted by atomic mass is 10.1. The first-order valence-corrected chi connectivity index (χ1v) is 5.89. The molecule has 0 bridgehead atoms. The summed E-state index contributed by atoms with van der Waals surface area (Å²) in [6, 6.07) is 7.99. The molecule has 84 valence electrons. The molecule has 0 amide bonds. The van der Waals surface area contributed by atoms with Gasteiger partial charge in [0, 0.05) is 10.9 Å². The van der Waals surface area contributed by atoms with Crippen molar-refractivity contribution in [2.45, 2.75) is 19.4 Å². The Morgan fingerprint density at radius 1 is 1.38 bits per heavy atom. The van der Waals surface area contributed by atoms with Crippen molar-refractivity contribution in [3.63, 3.8) is 0 Å². The summed E-state index contributed by atoms with van der Waals surface area (Å²) in [7, 11) is 0. The molecule has 0 fully saturated rings. The Kier molecular flexibility index (Phi) is 3.41. The molecule has 1 unspecified atom stereocenters. The Morgan fingerprint density at radius 2 is 2.06 bits per heavy atom. The van der Waals surface area contributed by atoms with E-state index in [4.69, 9.17) is 10.2 Å². The number of nitrogens with zero attached hydrogens (tertiary/aromatic N) is 1. The first-order valence-electron chi connectivity index (χ1n) is 5.10. The summed E-state index contributed by atoms with van der Waals surface area (Å²) in [4.78, 5) is 4.20. The van der Waals surface area contributed by atoms with E-state index in [0.717, 1.165) is 10.2 Å². The highest BCUT2D eigenvalue weighted by Gasteiger charge is 2.07. The number of hydrogen-bond acceptors (Lipinski definition) is 3. The quantitative estimate of drug-likeness (QED) is 0.940. The van der Waals surface area contributed by atoms with E-state index in [1.54, 1.807) is 6.20 Å². The van der Waals surface area contributed by atoms with Gasteiger partial charge >= 0.3 is 0 Å². The largest absolute Gasteiger partial charge is 0.444 e. The predicted molar refractivity (Wildman–Crippen MR) is 66.1 cm³/mol. The van der Waals surface area contributed by atoms with E-state index in [1.165, 1.54) is 5.56 Å². The van der Waals surface area contributed by atoms with Gasteiger partial charge in [0.05, 0.1) is 12.2 Å². The van der Waals surface area contributed by atoms with Crippen molar-refractivity contribution in [2.75, 3.05) is 0 Å². The summed E-state index contributed by atoms with van der Waals surface area (Å²) in [5.74, 6) is 1.43. The molecule has 0 aliphatic carbocycles. The molecule has 2 rings (SSSR count). The topological polar surface area (TPSA) is 52.0 Å². The summed E-state index contributed by atoms with van der Waals surface area (Å²) < 4.78 is 6.60. The summed E-state index contributed by atoms with van der Waals surface area (Å²) >= 11 is 3.40. The van der Waals surface area contributed by atoms with E-state index in [0.29, 0.717) is 12.3 Å². The molecule has 0 aliphatic heterocycles. The Morgan fingerprint density at radius 3 is 2.62 bits per heavy atom. The highest BCUT2D eigenvalue weighted by atomic mass is 79.9. The average Bonchev–Trinajstić information content (AvgIpc) is 2.70. The van der Waals surface area contributed by atoms with Crippen molar-refractivity contribution in [3.8, 4) is 0 Å². The molecular weight excluding hydrogens is 268 g/mol. The van der Waals surface area contributed by atoms with E-state index in [1.807, 2.05) is 31.2 Å². The monoisotopic (exact) mass is 280 g/mol. The normalized spacial score (nSPS) is 12.7. The van der Waals surface area contributed by atoms with Crippen molar-refractivity contribution >= 4 is 15.9 Å². The van der Waals surface area contributed by atoms with Crippen LogP contribution in [0.3, 0.4) is 0 Å². The van der Waals surface area contributed by atoms with Crippen LogP contribution in [0.2, 0.25) is 0 Å². The number of rotatable bonds is 3. The third-order valence-corrected chi connectivity index (χ3v) is 2.82. The van der Waals surface area contributed by atoms with Gasteiger partial charge in [0.15, 0.2) is 5.89 Å². The van der Waals surface area contributed by atoms with Crippen molar-refractivity contribution in [3.05, 3.63) is 52.1 Å². The lowest BCUT2D eigenvalue weighted by Gasteiger charge is -1.99. The summed E-state index contributed by atoms with van der Waals surface area (Å²) in [6.07, 6.45) is 2.39. The minimum Gasteiger partial charge on any atom is -0.444 e. The Labute approximate surface area is 103 Å². The number of nitrogens with two attached hydrogens (primary N) is 1. The molecule has 1 heterocycles. The zero-order chi connectivity index (χ0) is 11.5. The molecule has 2 aromatic rings. The van der Waals surface area contributed by atoms with E-state index in [9.17, 15) is 0 Å². The standard InChI is InChI=1S/C12H13BrN2O/c1-8(14)11-7-15-12(16-11)6-9-2-4-10(13)5-3-9/h2-5,7-8H,6,14H2,1H3. The molecular formula is C12H13BrN2O. The number of oxazole rings is 1. The lowest BCUT2D eigenvalue weighted by Crippen LogP contribution is -2.02. The van der Waals surface area contributed by atoms with E-state index in [-0.39, 0.29) is 6.04 Å². The number of aromatic nitrogens is 1. The predicted octanol–water partition coefficient (Wildman–Crippen LogP) is 3.05. The van der Waals surface area contributed by atoms with Crippen LogP contribution in [0.5, 0.6) is 0 Å². The maximum Gasteiger partial charge on any atom is 0.198 e. The van der Waals surface area contributed by atoms with Gasteiger partial charge in [-0.1, -0.05) is 28.1 Å². The molecule has 2 N–H and O–H groups in total. The Hall–Kier alpha value is -1.13. The fourth-order valence-corrected chi connectivity index (χ4v) is 1.66. The number of halogens is 1. The molecule has 16 heavy (non-hydrogen) atoms. The van der Waals surface area contributed by atoms with Crippen LogP contribution in [-0.4, -0.2) is 4.98 Å². The second-order valence-corrected chi connectivity index (χ2v) is 4.66. The summed E-state index contributed by atoms with van der Waals surface area (Å²) in [5, 5.41) is 0. The van der Waals surface area contributed by atoms with Crippen LogP contribution in [0, 0.1) is 0 Å². The fourth-order valence-electron chi connectivity index (χ4n) is 1.39. The highest BCUT2D eigenvalue weighted by Crippen LogP contribution is 2.16. The zero-order valence-electron chi connectivity index (χ0n) is 8.98. The van der Waals surface area contributed by atoms with Gasteiger partial charge in [0.25, 0.3) is 0 Å². The second-order valence-electron chi connectivity index (χ2n) is 3.75. The van der Waals surface area contributed by atoms with E-state index in [2.05, 4.69) is 20.9 Å². The van der Waals surface area contributed by atoms with Crippen LogP contribution in [0.4, 0.5) is 0 Å². The lowest BCUT2D eigenvalue weighted by molar-refractivity contribution is 0.441. The molecule has 0 radical (unpaired) electrons. The molecule has 1 atom stereocenters. The molecule has 0 saturated heterocycles. The Balaban J connectivity index is 2.11. The molecule has 3 nitrogen and oxygen atoms in total. The van der Waals surface area contributed by atoms with Crippen LogP contribution < -0.4 is 5.73 Å². The smallest absolute Gasteiger partial charge is 0.198 e. The minimum absolute atomic E-state index is 0.105. The van der Waals surface area contributed by atoms with Gasteiger partial charge in [0.1, 0.15) is 5.76 Å². The van der Waals surface area contributed by atoms with Crippen molar-refractivity contribution < 1.29 is 4.42 Å². The molecule has 1 aromatic heterocycles. The summed E-state index contributed by atoms with van der Waals surface area (Å²) in [5.41, 5.74) is 6.87. The van der Waals surface area contributed by atoms with Gasteiger partial charge in [-0.3, -0.25) is 0 Å². The number of benzene rings is 1. The molecule has 4 heteroatoms. The molecule has 1 aromatic carbocycles. The first-order chi connectivity index (χ1) is 7.65. The van der Waals surface area contributed by atoms with E-state index >= 15 is 0 Å². The van der Waals surface area contributed by atoms with Gasteiger partial charge in [0.2, 0.25) is 0 Å². The molecule has 0 spiro atoms. The maximum absolute atomic E-state index is 5.70. The third kappa shape index (κ3) is 2.71. The first kappa shape index (κ1) is 11.4. The number of hydrogen-bond donors (Lipinski definition) is 1. The minimum atomic E-state index is -0.105. The van der Waals surface area contributed by atoms with Crippen LogP contribution >= 0.6 is 15.9 Å². The van der Waals surface area contributed by atoms with E-state index < -0.39 is 0 Å². The van der Waals surface area contributed by atoms with Crippen LogP contribution in [0.25, 0.3) is 0 Å². The SMILES string of the molecule is CC(N)c1cnc(Cc2ccc(Br)cc2)o1. The van der Waals surface area contributed by atoms with Crippen LogP contribution in [0.15, 0.2) is 39.4 Å². The average molecular weight is 281 g/mol. The van der Waals surface area contributed by atoms with Crippen LogP contribution in [0.1, 0.15) is 30.2 Å². The second kappa shape index (κ2) is 4.80. The third-order valence-electron chi connectivity index (χ3n) is 2.29. The molecule has 0 aliphatic rings. The van der Waals surface area contributed by atoms with Crippen molar-refractivity contribution in [1.82, 2.24) is 4.98 Å². The van der Waals surface area contributed by atoms with Crippen molar-refractivity contribution in [1.29, 1.82) is 0 Å². The fraction of sp³-hybridized carbons (Fsp3) is 0.250. The van der Waals surface area contributed by atoms with Crippen molar-refractivity contribution in [2.24, 2.45) is 5.73 Å². The van der Waals surface area contributed by atoms with Gasteiger partial charge in [-0.25, -0.2) is 4.98 Å². The van der Waals surface area contributed by atoms with Gasteiger partial charge < -0.3 is 10.2 Å². The van der Waals surface area contributed by atoms with Crippen LogP contribution in [-0.2, 0) is 6.42 Å². The van der Waals surface area contributed by atoms with Gasteiger partial charge in [-0.15, -0.1) is 0 Å². The van der Waals surface area contributed by atoms with Gasteiger partial charge in [-0.05, 0) is 24.6 Å². The summed E-state index contributed by atoms with van der Waals surface area (Å²) in [6.45, 7) is 1.88. The highest BCUT2D eigenvalue weighted by molar-refractivity contribution is 9.10. The zero-order valence-corrected chi connectivity index (χ0v) is 10.6. The maximum atomic E-state index is 5.70. The molecule has 0 saturated carbocycles. The Bertz CT molecular complexity index is 462.